The van der Waals surface area contributed by atoms with Crippen LogP contribution in [0.15, 0.2) is 0 Å². The Bertz CT molecular complexity index is 310. The van der Waals surface area contributed by atoms with Crippen molar-refractivity contribution in [2.45, 2.75) is 17.1 Å². The Morgan fingerprint density at radius 2 is 1.77 bits per heavy atom. The summed E-state index contributed by atoms with van der Waals surface area (Å²) in [5.74, 6) is -6.62. The number of hydrogen-bond acceptors (Lipinski definition) is 2. The molecule has 2 nitrogen and oxygen atoms in total. The van der Waals surface area contributed by atoms with Gasteiger partial charge in [0.25, 0.3) is 5.50 Å². The Balaban J connectivity index is 3.23. The van der Waals surface area contributed by atoms with E-state index in [0.29, 0.717) is 0 Å². The van der Waals surface area contributed by atoms with E-state index in [1.807, 2.05) is 0 Å². The van der Waals surface area contributed by atoms with Crippen molar-refractivity contribution in [2.24, 2.45) is 0 Å². The first kappa shape index (κ1) is 10.7. The molecule has 2 atom stereocenters. The van der Waals surface area contributed by atoms with Gasteiger partial charge in [-0.05, 0) is 0 Å². The highest BCUT2D eigenvalue weighted by Gasteiger charge is 2.72. The fourth-order valence-electron chi connectivity index (χ4n) is 1.04. The molecule has 0 N–H and O–H groups in total. The summed E-state index contributed by atoms with van der Waals surface area (Å²) >= 11 is 0. The fourth-order valence-corrected chi connectivity index (χ4v) is 2.76. The minimum Gasteiger partial charge on any atom is -0.247 e. The minimum absolute atomic E-state index is 1.81. The zero-order chi connectivity index (χ0) is 10.5. The van der Waals surface area contributed by atoms with Crippen LogP contribution in [0.4, 0.5) is 22.0 Å². The van der Waals surface area contributed by atoms with Crippen LogP contribution in [-0.4, -0.2) is 37.9 Å². The second-order valence-electron chi connectivity index (χ2n) is 2.85. The molecule has 1 aliphatic heterocycles. The smallest absolute Gasteiger partial charge is 0.247 e. The van der Waals surface area contributed by atoms with E-state index < -0.39 is 39.4 Å². The molecule has 1 rings (SSSR count). The van der Waals surface area contributed by atoms with Crippen molar-refractivity contribution < 1.29 is 30.4 Å². The molecule has 1 fully saturated rings. The summed E-state index contributed by atoms with van der Waals surface area (Å²) in [6.07, 6.45) is 0. The second-order valence-corrected chi connectivity index (χ2v) is 4.87. The largest absolute Gasteiger partial charge is 0.329 e. The number of hydrogen-bond donors (Lipinski definition) is 0. The van der Waals surface area contributed by atoms with Gasteiger partial charge in [0.2, 0.25) is 5.67 Å². The second kappa shape index (κ2) is 2.55. The lowest BCUT2D eigenvalue weighted by Gasteiger charge is -2.22. The van der Waals surface area contributed by atoms with Crippen molar-refractivity contribution >= 4 is 9.84 Å². The van der Waals surface area contributed by atoms with Gasteiger partial charge in [0.15, 0.2) is 9.84 Å². The predicted octanol–water partition coefficient (Wildman–Crippen LogP) is 1.02. The van der Waals surface area contributed by atoms with Crippen LogP contribution in [0, 0.1) is 0 Å². The summed E-state index contributed by atoms with van der Waals surface area (Å²) in [6, 6.07) is 0. The lowest BCUT2D eigenvalue weighted by Crippen LogP contribution is -2.47. The zero-order valence-corrected chi connectivity index (χ0v) is 6.92. The first-order valence-electron chi connectivity index (χ1n) is 3.16. The number of rotatable bonds is 1. The molecule has 0 aromatic carbocycles. The van der Waals surface area contributed by atoms with Crippen LogP contribution in [0.3, 0.4) is 0 Å². The SMILES string of the molecule is O=S1(=O)CC(F)(CF)C(F)(F)C1F. The van der Waals surface area contributed by atoms with E-state index >= 15 is 0 Å². The molecular weight excluding hydrogens is 219 g/mol. The summed E-state index contributed by atoms with van der Waals surface area (Å²) in [4.78, 5) is 0. The average Bonchev–Trinajstić information content (AvgIpc) is 2.11. The minimum atomic E-state index is -4.88. The van der Waals surface area contributed by atoms with Crippen LogP contribution < -0.4 is 0 Å². The van der Waals surface area contributed by atoms with E-state index in [4.69, 9.17) is 0 Å². The van der Waals surface area contributed by atoms with Crippen LogP contribution in [-0.2, 0) is 9.84 Å². The monoisotopic (exact) mass is 224 g/mol. The van der Waals surface area contributed by atoms with Gasteiger partial charge >= 0.3 is 5.92 Å². The molecule has 1 saturated heterocycles. The molecule has 0 aliphatic carbocycles. The van der Waals surface area contributed by atoms with Crippen molar-refractivity contribution in [3.63, 3.8) is 0 Å². The van der Waals surface area contributed by atoms with Gasteiger partial charge in [-0.3, -0.25) is 0 Å². The maximum Gasteiger partial charge on any atom is 0.329 e. The Morgan fingerprint density at radius 1 is 1.31 bits per heavy atom. The molecule has 0 aromatic heterocycles. The third-order valence-corrected chi connectivity index (χ3v) is 3.63. The van der Waals surface area contributed by atoms with Crippen LogP contribution in [0.1, 0.15) is 0 Å². The summed E-state index contributed by atoms with van der Waals surface area (Å²) in [5.41, 5.74) is -7.58. The van der Waals surface area contributed by atoms with Gasteiger partial charge in [-0.1, -0.05) is 0 Å². The molecular formula is C5H5F5O2S. The maximum atomic E-state index is 12.8. The molecule has 1 heterocycles. The first-order chi connectivity index (χ1) is 5.67. The Hall–Kier alpha value is -0.400. The highest BCUT2D eigenvalue weighted by molar-refractivity contribution is 7.92. The molecule has 78 valence electrons. The standard InChI is InChI=1S/C5H5F5O2S/c6-1-4(8)2-13(11,12)3(7)5(4,9)10/h3H,1-2H2. The van der Waals surface area contributed by atoms with Crippen LogP contribution >= 0.6 is 0 Å². The van der Waals surface area contributed by atoms with Gasteiger partial charge in [-0.15, -0.1) is 0 Å². The molecule has 0 aromatic rings. The van der Waals surface area contributed by atoms with Crippen molar-refractivity contribution in [1.82, 2.24) is 0 Å². The Kier molecular flexibility index (Phi) is 2.10. The number of sulfone groups is 1. The molecule has 1 aliphatic rings. The quantitative estimate of drug-likeness (QED) is 0.623. The Morgan fingerprint density at radius 3 is 1.92 bits per heavy atom. The van der Waals surface area contributed by atoms with Crippen molar-refractivity contribution in [2.75, 3.05) is 12.4 Å². The first-order valence-corrected chi connectivity index (χ1v) is 4.87. The molecule has 0 bridgehead atoms. The van der Waals surface area contributed by atoms with Gasteiger partial charge in [0.1, 0.15) is 6.67 Å². The van der Waals surface area contributed by atoms with Gasteiger partial charge in [0, 0.05) is 0 Å². The van der Waals surface area contributed by atoms with Crippen LogP contribution in [0.2, 0.25) is 0 Å². The average molecular weight is 224 g/mol. The molecule has 8 heteroatoms. The summed E-state index contributed by atoms with van der Waals surface area (Å²) < 4.78 is 83.1. The van der Waals surface area contributed by atoms with E-state index in [1.54, 1.807) is 0 Å². The topological polar surface area (TPSA) is 34.1 Å². The van der Waals surface area contributed by atoms with E-state index in [-0.39, 0.29) is 0 Å². The fraction of sp³-hybridized carbons (Fsp3) is 1.00. The van der Waals surface area contributed by atoms with E-state index in [0.717, 1.165) is 0 Å². The van der Waals surface area contributed by atoms with Gasteiger partial charge in [-0.25, -0.2) is 21.6 Å². The highest BCUT2D eigenvalue weighted by Crippen LogP contribution is 2.47. The predicted molar refractivity (Wildman–Crippen MR) is 33.4 cm³/mol. The summed E-state index contributed by atoms with van der Waals surface area (Å²) in [5, 5.41) is 0. The van der Waals surface area contributed by atoms with Crippen LogP contribution in [0.25, 0.3) is 0 Å². The van der Waals surface area contributed by atoms with Crippen LogP contribution in [0.5, 0.6) is 0 Å². The molecule has 0 amide bonds. The van der Waals surface area contributed by atoms with E-state index in [9.17, 15) is 30.4 Å². The van der Waals surface area contributed by atoms with Crippen molar-refractivity contribution in [3.05, 3.63) is 0 Å². The van der Waals surface area contributed by atoms with Crippen molar-refractivity contribution in [3.8, 4) is 0 Å². The number of alkyl halides is 5. The van der Waals surface area contributed by atoms with E-state index in [1.165, 1.54) is 0 Å². The summed E-state index contributed by atoms with van der Waals surface area (Å²) in [7, 11) is -4.88. The summed E-state index contributed by atoms with van der Waals surface area (Å²) in [6.45, 7) is -2.22. The third-order valence-electron chi connectivity index (χ3n) is 1.84. The molecule has 0 radical (unpaired) electrons. The van der Waals surface area contributed by atoms with Crippen molar-refractivity contribution in [1.29, 1.82) is 0 Å². The molecule has 0 spiro atoms. The van der Waals surface area contributed by atoms with Gasteiger partial charge in [-0.2, -0.15) is 8.78 Å². The van der Waals surface area contributed by atoms with E-state index in [2.05, 4.69) is 0 Å². The lowest BCUT2D eigenvalue weighted by molar-refractivity contribution is -0.145. The number of halogens is 5. The molecule has 0 saturated carbocycles. The molecule has 13 heavy (non-hydrogen) atoms. The lowest BCUT2D eigenvalue weighted by atomic mass is 10.0. The highest BCUT2D eigenvalue weighted by atomic mass is 32.2. The normalized spacial score (nSPS) is 42.1. The Labute approximate surface area is 70.6 Å². The maximum absolute atomic E-state index is 12.8. The zero-order valence-electron chi connectivity index (χ0n) is 6.11. The van der Waals surface area contributed by atoms with Gasteiger partial charge < -0.3 is 0 Å². The van der Waals surface area contributed by atoms with Gasteiger partial charge in [0.05, 0.1) is 5.75 Å². The third kappa shape index (κ3) is 1.22. The molecule has 2 unspecified atom stereocenters.